The molecule has 0 aliphatic carbocycles. The molecule has 2 fully saturated rings. The van der Waals surface area contributed by atoms with E-state index in [2.05, 4.69) is 44.3 Å². The van der Waals surface area contributed by atoms with Crippen molar-refractivity contribution in [2.45, 2.75) is 0 Å². The van der Waals surface area contributed by atoms with Gasteiger partial charge < -0.3 is 39.0 Å². The van der Waals surface area contributed by atoms with Gasteiger partial charge in [-0.25, -0.2) is 19.9 Å². The molecule has 6 aromatic rings. The number of benzene rings is 4. The molecule has 0 atom stereocenters. The lowest BCUT2D eigenvalue weighted by Gasteiger charge is -2.29. The van der Waals surface area contributed by atoms with E-state index >= 15 is 0 Å². The first kappa shape index (κ1) is 39.6. The maximum Gasteiger partial charge on any atom is 0.165 e. The van der Waals surface area contributed by atoms with Crippen molar-refractivity contribution in [3.05, 3.63) is 89.4 Å². The smallest absolute Gasteiger partial charge is 0.165 e. The maximum absolute atomic E-state index is 5.62. The van der Waals surface area contributed by atoms with Crippen LogP contribution >= 0.6 is 15.9 Å². The summed E-state index contributed by atoms with van der Waals surface area (Å²) < 4.78 is 22.5. The minimum atomic E-state index is 0.653. The van der Waals surface area contributed by atoms with Crippen molar-refractivity contribution in [1.29, 1.82) is 0 Å². The van der Waals surface area contributed by atoms with Gasteiger partial charge in [0.1, 0.15) is 23.1 Å². The largest absolute Gasteiger partial charge is 0.496 e. The third-order valence-corrected chi connectivity index (χ3v) is 9.56. The molecule has 12 nitrogen and oxygen atoms in total. The van der Waals surface area contributed by atoms with Crippen molar-refractivity contribution in [2.75, 3.05) is 110 Å². The number of hydrogen-bond acceptors (Lipinski definition) is 12. The zero-order chi connectivity index (χ0) is 38.7. The summed E-state index contributed by atoms with van der Waals surface area (Å²) in [6, 6.07) is 28.1. The fraction of sp³-hybridized carbons (Fsp3) is 0.333. The van der Waals surface area contributed by atoms with Crippen LogP contribution in [0.4, 0.5) is 17.3 Å². The summed E-state index contributed by atoms with van der Waals surface area (Å²) in [5.74, 6) is 4.64. The van der Waals surface area contributed by atoms with Gasteiger partial charge in [0.15, 0.2) is 11.6 Å². The molecule has 8 rings (SSSR count). The Morgan fingerprint density at radius 3 is 1.58 bits per heavy atom. The number of morpholine rings is 2. The Kier molecular flexibility index (Phi) is 13.7. The molecule has 4 aromatic carbocycles. The Morgan fingerprint density at radius 2 is 1.11 bits per heavy atom. The first-order chi connectivity index (χ1) is 26.8. The normalized spacial score (nSPS) is 14.0. The van der Waals surface area contributed by atoms with Crippen molar-refractivity contribution in [3.8, 4) is 34.3 Å². The molecule has 2 aliphatic rings. The summed E-state index contributed by atoms with van der Waals surface area (Å²) in [4.78, 5) is 25.5. The Labute approximate surface area is 331 Å². The van der Waals surface area contributed by atoms with Gasteiger partial charge >= 0.3 is 0 Å². The van der Waals surface area contributed by atoms with E-state index in [0.29, 0.717) is 11.6 Å². The number of methoxy groups -OCH3 is 2. The van der Waals surface area contributed by atoms with Gasteiger partial charge in [-0.05, 0) is 60.7 Å². The predicted molar refractivity (Wildman–Crippen MR) is 226 cm³/mol. The lowest BCUT2D eigenvalue weighted by Crippen LogP contribution is -2.36. The molecule has 55 heavy (non-hydrogen) atoms. The molecule has 4 heterocycles. The van der Waals surface area contributed by atoms with Crippen LogP contribution < -0.4 is 29.5 Å². The zero-order valence-corrected chi connectivity index (χ0v) is 34.0. The second-order valence-corrected chi connectivity index (χ2v) is 14.2. The summed E-state index contributed by atoms with van der Waals surface area (Å²) >= 11 is 3.50. The fourth-order valence-corrected chi connectivity index (χ4v) is 6.66. The van der Waals surface area contributed by atoms with Crippen molar-refractivity contribution < 1.29 is 18.9 Å². The summed E-state index contributed by atoms with van der Waals surface area (Å²) in [6.45, 7) is 7.10. The highest BCUT2D eigenvalue weighted by molar-refractivity contribution is 9.10. The maximum atomic E-state index is 5.62. The molecule has 0 radical (unpaired) electrons. The zero-order valence-electron chi connectivity index (χ0n) is 32.4. The van der Waals surface area contributed by atoms with Crippen LogP contribution in [0.15, 0.2) is 89.4 Å². The van der Waals surface area contributed by atoms with Crippen LogP contribution in [0.2, 0.25) is 0 Å². The van der Waals surface area contributed by atoms with Crippen molar-refractivity contribution in [3.63, 3.8) is 0 Å². The number of nitrogens with one attached hydrogen (secondary N) is 1. The van der Waals surface area contributed by atoms with Crippen LogP contribution in [0.1, 0.15) is 0 Å². The Bertz CT molecular complexity index is 2180. The molecular weight excluding hydrogens is 760 g/mol. The average molecular weight is 810 g/mol. The summed E-state index contributed by atoms with van der Waals surface area (Å²) in [5.41, 5.74) is 4.74. The number of aromatic nitrogens is 4. The van der Waals surface area contributed by atoms with Gasteiger partial charge in [-0.3, -0.25) is 0 Å². The molecule has 0 amide bonds. The number of halogens is 1. The molecular formula is C42H49BrN8O4. The Morgan fingerprint density at radius 1 is 0.618 bits per heavy atom. The number of ether oxygens (including phenoxy) is 4. The van der Waals surface area contributed by atoms with Crippen LogP contribution in [0.3, 0.4) is 0 Å². The SMILES string of the molecule is C1COCCN1.COc1ccc(Br)cc1-c1nc(N(C)C)c2ccccc2n1.COc1ccc(N2CCOCC2)cc1-c1nc(N(C)C)c2ccccc2n1. The van der Waals surface area contributed by atoms with Gasteiger partial charge in [0.2, 0.25) is 0 Å². The van der Waals surface area contributed by atoms with Gasteiger partial charge in [-0.2, -0.15) is 0 Å². The molecule has 13 heteroatoms. The van der Waals surface area contributed by atoms with E-state index in [1.54, 1.807) is 14.2 Å². The Hall–Kier alpha value is -5.08. The number of hydrogen-bond donors (Lipinski definition) is 1. The Balaban J connectivity index is 0.000000165. The van der Waals surface area contributed by atoms with Gasteiger partial charge in [-0.15, -0.1) is 0 Å². The minimum absolute atomic E-state index is 0.653. The lowest BCUT2D eigenvalue weighted by molar-refractivity contribution is 0.109. The van der Waals surface area contributed by atoms with Crippen LogP contribution in [-0.4, -0.2) is 115 Å². The number of anilines is 3. The number of fused-ring (bicyclic) bond motifs is 2. The standard InChI is InChI=1S/C21H24N4O2.C17H16BrN3O.C4H9NO/c1-24(2)21-16-6-4-5-7-18(16)22-20(23-21)17-14-15(8-9-19(17)26-3)25-10-12-27-13-11-25;1-21(2)17-12-6-4-5-7-14(12)19-16(20-17)13-10-11(18)8-9-15(13)22-3;1-3-6-4-2-5-1/h4-9,14H,10-13H2,1-3H3;4-10H,1-3H3;5H,1-4H2. The minimum Gasteiger partial charge on any atom is -0.496 e. The average Bonchev–Trinajstić information content (AvgIpc) is 3.24. The quantitative estimate of drug-likeness (QED) is 0.180. The third kappa shape index (κ3) is 9.78. The lowest BCUT2D eigenvalue weighted by atomic mass is 10.1. The molecule has 0 spiro atoms. The van der Waals surface area contributed by atoms with E-state index in [0.717, 1.165) is 119 Å². The monoisotopic (exact) mass is 808 g/mol. The third-order valence-electron chi connectivity index (χ3n) is 9.06. The first-order valence-electron chi connectivity index (χ1n) is 18.3. The second kappa shape index (κ2) is 19.0. The van der Waals surface area contributed by atoms with Crippen LogP contribution in [0.25, 0.3) is 44.6 Å². The summed E-state index contributed by atoms with van der Waals surface area (Å²) in [5, 5.41) is 5.23. The molecule has 288 valence electrons. The predicted octanol–water partition coefficient (Wildman–Crippen LogP) is 6.95. The van der Waals surface area contributed by atoms with Crippen LogP contribution in [-0.2, 0) is 9.47 Å². The molecule has 0 bridgehead atoms. The fourth-order valence-electron chi connectivity index (χ4n) is 6.30. The van der Waals surface area contributed by atoms with Gasteiger partial charge in [-0.1, -0.05) is 40.2 Å². The molecule has 0 unspecified atom stereocenters. The first-order valence-corrected chi connectivity index (χ1v) is 19.1. The van der Waals surface area contributed by atoms with E-state index in [1.807, 2.05) is 105 Å². The van der Waals surface area contributed by atoms with E-state index in [1.165, 1.54) is 0 Å². The van der Waals surface area contributed by atoms with E-state index in [4.69, 9.17) is 38.9 Å². The summed E-state index contributed by atoms with van der Waals surface area (Å²) in [7, 11) is 11.3. The second-order valence-electron chi connectivity index (χ2n) is 13.3. The van der Waals surface area contributed by atoms with Gasteiger partial charge in [0.25, 0.3) is 0 Å². The van der Waals surface area contributed by atoms with E-state index in [9.17, 15) is 0 Å². The highest BCUT2D eigenvalue weighted by Crippen LogP contribution is 2.36. The molecule has 2 aliphatic heterocycles. The highest BCUT2D eigenvalue weighted by Gasteiger charge is 2.18. The molecule has 2 saturated heterocycles. The van der Waals surface area contributed by atoms with Crippen molar-refractivity contribution in [2.24, 2.45) is 0 Å². The number of nitrogens with zero attached hydrogens (tertiary/aromatic N) is 7. The summed E-state index contributed by atoms with van der Waals surface area (Å²) in [6.07, 6.45) is 0. The molecule has 0 saturated carbocycles. The number of para-hydroxylation sites is 2. The van der Waals surface area contributed by atoms with Crippen LogP contribution in [0, 0.1) is 0 Å². The van der Waals surface area contributed by atoms with E-state index < -0.39 is 0 Å². The highest BCUT2D eigenvalue weighted by atomic mass is 79.9. The molecule has 1 N–H and O–H groups in total. The number of rotatable bonds is 7. The van der Waals surface area contributed by atoms with Crippen LogP contribution in [0.5, 0.6) is 11.5 Å². The topological polar surface area (TPSA) is 110 Å². The van der Waals surface area contributed by atoms with Gasteiger partial charge in [0.05, 0.1) is 62.8 Å². The van der Waals surface area contributed by atoms with Crippen molar-refractivity contribution in [1.82, 2.24) is 25.3 Å². The van der Waals surface area contributed by atoms with E-state index in [-0.39, 0.29) is 0 Å². The van der Waals surface area contributed by atoms with Gasteiger partial charge in [0, 0.05) is 75.3 Å². The van der Waals surface area contributed by atoms with Crippen molar-refractivity contribution >= 4 is 55.1 Å². The molecule has 2 aromatic heterocycles.